The Morgan fingerprint density at radius 1 is 0.770 bits per heavy atom. The number of carbonyl (C=O) groups excluding carboxylic acids is 3. The molecule has 0 bridgehead atoms. The number of aryl methyl sites for hydroxylation is 1. The number of phenols is 1. The third kappa shape index (κ3) is 7.03. The lowest BCUT2D eigenvalue weighted by Gasteiger charge is -2.45. The van der Waals surface area contributed by atoms with E-state index in [0.29, 0.717) is 41.8 Å². The number of fused-ring (bicyclic) bond motifs is 4. The SMILES string of the molecule is O=C1CC[C@H](N2Cc3c(ccc4c3OCC3(CCN(CC5CCC6(CCN(c7ccc([C@@H]8c9ccc(O)cc9CC[C@@H]8c8ccccc8)cc7)CC6)O5)CC3)O4)C2=O)C(=O)N1. The Morgan fingerprint density at radius 2 is 1.56 bits per heavy atom. The van der Waals surface area contributed by atoms with Gasteiger partial charge >= 0.3 is 0 Å². The Bertz CT molecular complexity index is 2350. The largest absolute Gasteiger partial charge is 0.508 e. The Balaban J connectivity index is 0.680. The van der Waals surface area contributed by atoms with Crippen LogP contribution in [-0.4, -0.2) is 95.3 Å². The van der Waals surface area contributed by atoms with Crippen molar-refractivity contribution in [1.29, 1.82) is 0 Å². The van der Waals surface area contributed by atoms with E-state index < -0.39 is 17.6 Å². The molecule has 1 aliphatic carbocycles. The zero-order chi connectivity index (χ0) is 41.3. The molecule has 316 valence electrons. The van der Waals surface area contributed by atoms with Crippen LogP contribution in [0.5, 0.6) is 17.2 Å². The first-order valence-electron chi connectivity index (χ1n) is 22.5. The fraction of sp³-hybridized carbons (Fsp3) is 0.460. The minimum atomic E-state index is -0.664. The monoisotopic (exact) mass is 822 g/mol. The maximum atomic E-state index is 13.3. The molecule has 0 radical (unpaired) electrons. The van der Waals surface area contributed by atoms with Gasteiger partial charge in [0.1, 0.15) is 24.0 Å². The first-order valence-corrected chi connectivity index (χ1v) is 22.5. The molecular weight excluding hydrogens is 769 g/mol. The van der Waals surface area contributed by atoms with Gasteiger partial charge in [0.25, 0.3) is 5.91 Å². The highest BCUT2D eigenvalue weighted by Crippen LogP contribution is 2.49. The van der Waals surface area contributed by atoms with Gasteiger partial charge in [-0.1, -0.05) is 48.5 Å². The highest BCUT2D eigenvalue weighted by molar-refractivity contribution is 6.05. The lowest BCUT2D eigenvalue weighted by atomic mass is 9.69. The van der Waals surface area contributed by atoms with Crippen molar-refractivity contribution < 1.29 is 33.7 Å². The molecule has 4 aromatic carbocycles. The molecule has 0 aromatic heterocycles. The second-order valence-electron chi connectivity index (χ2n) is 18.7. The average Bonchev–Trinajstić information content (AvgIpc) is 3.83. The average molecular weight is 823 g/mol. The fourth-order valence-corrected chi connectivity index (χ4v) is 11.7. The normalized spacial score (nSPS) is 26.7. The minimum absolute atomic E-state index is 0.0438. The van der Waals surface area contributed by atoms with Gasteiger partial charge in [0, 0.05) is 74.7 Å². The molecule has 4 saturated heterocycles. The standard InChI is InChI=1S/C50H54N4O7/c55-36-11-13-39-34(28-36)8-12-38(32-4-2-1-3-5-32)45(39)33-6-9-35(10-7-33)53-26-22-49(23-27-53)19-18-37(60-49)29-52-24-20-50(21-25-52)31-59-46-41-30-54(42-15-17-44(56)51-47(42)57)48(58)40(41)14-16-43(46)61-50/h1-7,9-11,13-14,16,28,37-38,42,45,55H,8,12,15,17-27,29-31H2,(H,51,56,57)/t37?,38-,42+,45+/m1/s1. The molecule has 6 heterocycles. The van der Waals surface area contributed by atoms with Crippen LogP contribution in [0.1, 0.15) is 108 Å². The van der Waals surface area contributed by atoms with Crippen molar-refractivity contribution >= 4 is 23.4 Å². The number of ether oxygens (including phenoxy) is 3. The zero-order valence-corrected chi connectivity index (χ0v) is 34.7. The van der Waals surface area contributed by atoms with Crippen LogP contribution in [0.25, 0.3) is 0 Å². The lowest BCUT2D eigenvalue weighted by Crippen LogP contribution is -2.54. The van der Waals surface area contributed by atoms with E-state index in [9.17, 15) is 19.5 Å². The van der Waals surface area contributed by atoms with Crippen LogP contribution in [0.4, 0.5) is 5.69 Å². The van der Waals surface area contributed by atoms with Gasteiger partial charge in [-0.3, -0.25) is 19.7 Å². The topological polar surface area (TPSA) is 121 Å². The number of piperidine rings is 3. The molecule has 11 rings (SSSR count). The van der Waals surface area contributed by atoms with E-state index in [-0.39, 0.29) is 42.4 Å². The molecule has 4 atom stereocenters. The molecule has 2 spiro atoms. The van der Waals surface area contributed by atoms with Crippen molar-refractivity contribution in [2.24, 2.45) is 0 Å². The molecule has 1 unspecified atom stereocenters. The Hall–Kier alpha value is -5.39. The lowest BCUT2D eigenvalue weighted by molar-refractivity contribution is -0.136. The van der Waals surface area contributed by atoms with E-state index in [1.54, 1.807) is 11.0 Å². The van der Waals surface area contributed by atoms with Gasteiger partial charge in [0.05, 0.1) is 18.2 Å². The predicted octanol–water partition coefficient (Wildman–Crippen LogP) is 6.84. The summed E-state index contributed by atoms with van der Waals surface area (Å²) in [6.07, 6.45) is 8.78. The van der Waals surface area contributed by atoms with E-state index in [2.05, 4.69) is 75.8 Å². The quantitative estimate of drug-likeness (QED) is 0.202. The number of rotatable bonds is 6. The number of benzene rings is 4. The van der Waals surface area contributed by atoms with Crippen LogP contribution in [0.2, 0.25) is 0 Å². The van der Waals surface area contributed by atoms with E-state index in [1.807, 2.05) is 18.2 Å². The van der Waals surface area contributed by atoms with Crippen LogP contribution >= 0.6 is 0 Å². The smallest absolute Gasteiger partial charge is 0.255 e. The highest BCUT2D eigenvalue weighted by Gasteiger charge is 2.47. The Morgan fingerprint density at radius 3 is 2.34 bits per heavy atom. The van der Waals surface area contributed by atoms with Crippen molar-refractivity contribution in [3.8, 4) is 17.2 Å². The first-order chi connectivity index (χ1) is 29.7. The zero-order valence-electron chi connectivity index (χ0n) is 34.7. The summed E-state index contributed by atoms with van der Waals surface area (Å²) in [5.74, 6) is 1.32. The molecule has 2 N–H and O–H groups in total. The minimum Gasteiger partial charge on any atom is -0.508 e. The van der Waals surface area contributed by atoms with Crippen molar-refractivity contribution in [3.63, 3.8) is 0 Å². The second kappa shape index (κ2) is 15.2. The van der Waals surface area contributed by atoms with Crippen LogP contribution in [0.3, 0.4) is 0 Å². The Kier molecular flexibility index (Phi) is 9.60. The van der Waals surface area contributed by atoms with Gasteiger partial charge in [0.2, 0.25) is 11.8 Å². The number of likely N-dealkylation sites (tertiary alicyclic amines) is 1. The van der Waals surface area contributed by atoms with Gasteiger partial charge < -0.3 is 34.0 Å². The molecular formula is C50H54N4O7. The van der Waals surface area contributed by atoms with Crippen LogP contribution in [0, 0.1) is 0 Å². The third-order valence-corrected chi connectivity index (χ3v) is 15.1. The van der Waals surface area contributed by atoms with Gasteiger partial charge in [-0.05, 0) is 110 Å². The molecule has 4 aromatic rings. The first kappa shape index (κ1) is 38.5. The van der Waals surface area contributed by atoms with Crippen molar-refractivity contribution in [1.82, 2.24) is 15.1 Å². The number of hydrogen-bond acceptors (Lipinski definition) is 9. The predicted molar refractivity (Wildman–Crippen MR) is 229 cm³/mol. The molecule has 0 saturated carbocycles. The number of anilines is 1. The maximum Gasteiger partial charge on any atom is 0.255 e. The summed E-state index contributed by atoms with van der Waals surface area (Å²) in [5.41, 5.74) is 7.41. The molecule has 7 aliphatic rings. The molecule has 3 amide bonds. The van der Waals surface area contributed by atoms with Crippen molar-refractivity contribution in [3.05, 3.63) is 118 Å². The van der Waals surface area contributed by atoms with E-state index in [1.165, 1.54) is 27.9 Å². The van der Waals surface area contributed by atoms with E-state index >= 15 is 0 Å². The number of aromatic hydroxyl groups is 1. The number of hydrogen-bond donors (Lipinski definition) is 2. The number of nitrogens with zero attached hydrogens (tertiary/aromatic N) is 3. The van der Waals surface area contributed by atoms with Gasteiger partial charge in [-0.25, -0.2) is 0 Å². The molecule has 4 fully saturated rings. The third-order valence-electron chi connectivity index (χ3n) is 15.1. The summed E-state index contributed by atoms with van der Waals surface area (Å²) in [6, 6.07) is 29.1. The van der Waals surface area contributed by atoms with Crippen LogP contribution < -0.4 is 19.7 Å². The van der Waals surface area contributed by atoms with Gasteiger partial charge in [-0.15, -0.1) is 0 Å². The second-order valence-corrected chi connectivity index (χ2v) is 18.7. The summed E-state index contributed by atoms with van der Waals surface area (Å²) in [6.45, 7) is 5.41. The molecule has 6 aliphatic heterocycles. The van der Waals surface area contributed by atoms with Crippen molar-refractivity contribution in [2.75, 3.05) is 44.2 Å². The summed E-state index contributed by atoms with van der Waals surface area (Å²) in [5, 5.41) is 12.6. The number of phenolic OH excluding ortho intramolecular Hbond substituents is 1. The number of amides is 3. The highest BCUT2D eigenvalue weighted by atomic mass is 16.6. The summed E-state index contributed by atoms with van der Waals surface area (Å²) in [4.78, 5) is 44.2. The maximum absolute atomic E-state index is 13.3. The van der Waals surface area contributed by atoms with Gasteiger partial charge in [0.15, 0.2) is 11.5 Å². The molecule has 11 heteroatoms. The van der Waals surface area contributed by atoms with E-state index in [4.69, 9.17) is 14.2 Å². The summed E-state index contributed by atoms with van der Waals surface area (Å²) >= 11 is 0. The van der Waals surface area contributed by atoms with Crippen LogP contribution in [0.15, 0.2) is 84.9 Å². The fourth-order valence-electron chi connectivity index (χ4n) is 11.7. The number of nitrogens with one attached hydrogen (secondary N) is 1. The number of carbonyl (C=O) groups is 3. The van der Waals surface area contributed by atoms with Gasteiger partial charge in [-0.2, -0.15) is 0 Å². The van der Waals surface area contributed by atoms with Crippen LogP contribution in [-0.2, 0) is 27.3 Å². The van der Waals surface area contributed by atoms with E-state index in [0.717, 1.165) is 89.7 Å². The molecule has 11 nitrogen and oxygen atoms in total. The number of imide groups is 1. The Labute approximate surface area is 356 Å². The molecule has 61 heavy (non-hydrogen) atoms. The summed E-state index contributed by atoms with van der Waals surface area (Å²) in [7, 11) is 0. The summed E-state index contributed by atoms with van der Waals surface area (Å²) < 4.78 is 20.1. The van der Waals surface area contributed by atoms with Crippen molar-refractivity contribution in [2.45, 2.75) is 106 Å².